The molecule has 0 unspecified atom stereocenters. The molecule has 0 heterocycles. The average Bonchev–Trinajstić information content (AvgIpc) is 2.96. The number of carboxylic acids is 2. The summed E-state index contributed by atoms with van der Waals surface area (Å²) in [4.78, 5) is 22.8. The molecule has 0 aromatic heterocycles. The predicted molar refractivity (Wildman–Crippen MR) is 104 cm³/mol. The summed E-state index contributed by atoms with van der Waals surface area (Å²) in [6, 6.07) is 17.1. The number of fused-ring (bicyclic) bond motifs is 3. The van der Waals surface area contributed by atoms with Gasteiger partial charge in [-0.1, -0.05) is 35.9 Å². The van der Waals surface area contributed by atoms with Crippen LogP contribution in [0.2, 0.25) is 5.02 Å². The molecule has 4 nitrogen and oxygen atoms in total. The van der Waals surface area contributed by atoms with Crippen molar-refractivity contribution in [3.05, 3.63) is 93.5 Å². The first-order valence-corrected chi connectivity index (χ1v) is 8.55. The van der Waals surface area contributed by atoms with Crippen LogP contribution in [0.25, 0.3) is 22.8 Å². The molecule has 4 rings (SSSR count). The van der Waals surface area contributed by atoms with Gasteiger partial charge in [-0.15, -0.1) is 0 Å². The molecule has 27 heavy (non-hydrogen) atoms. The lowest BCUT2D eigenvalue weighted by Gasteiger charge is -2.05. The van der Waals surface area contributed by atoms with Gasteiger partial charge in [-0.05, 0) is 75.9 Å². The fourth-order valence-corrected chi connectivity index (χ4v) is 3.42. The van der Waals surface area contributed by atoms with E-state index in [9.17, 15) is 19.8 Å². The molecule has 0 fully saturated rings. The molecule has 0 spiro atoms. The molecule has 1 aliphatic carbocycles. The largest absolute Gasteiger partial charge is 0.478 e. The molecule has 2 N–H and O–H groups in total. The first-order chi connectivity index (χ1) is 12.9. The van der Waals surface area contributed by atoms with Gasteiger partial charge in [-0.3, -0.25) is 0 Å². The fraction of sp³-hybridized carbons (Fsp3) is 0. The molecule has 0 radical (unpaired) electrons. The van der Waals surface area contributed by atoms with Crippen LogP contribution >= 0.6 is 11.6 Å². The van der Waals surface area contributed by atoms with Crippen LogP contribution in [0.1, 0.15) is 37.4 Å². The Morgan fingerprint density at radius 3 is 1.63 bits per heavy atom. The van der Waals surface area contributed by atoms with E-state index in [1.807, 2.05) is 18.2 Å². The van der Waals surface area contributed by atoms with Gasteiger partial charge in [0.25, 0.3) is 0 Å². The van der Waals surface area contributed by atoms with Crippen molar-refractivity contribution in [2.24, 2.45) is 0 Å². The molecule has 0 bridgehead atoms. The number of halogens is 1. The third kappa shape index (κ3) is 3.00. The highest BCUT2D eigenvalue weighted by Gasteiger charge is 2.25. The Morgan fingerprint density at radius 1 is 0.704 bits per heavy atom. The lowest BCUT2D eigenvalue weighted by Crippen LogP contribution is -1.97. The molecule has 0 saturated carbocycles. The topological polar surface area (TPSA) is 74.6 Å². The summed E-state index contributed by atoms with van der Waals surface area (Å²) >= 11 is 5.95. The standard InChI is InChI=1S/C22H13ClO4/c23-15-5-1-12(2-6-15)9-18-19-10-13(21(24)25)3-7-16(19)17-8-4-14(22(26)27)11-20(17)18/h1-11H,(H,24,25)(H,26,27). The number of carbonyl (C=O) groups is 2. The number of hydrogen-bond acceptors (Lipinski definition) is 2. The van der Waals surface area contributed by atoms with Crippen LogP contribution in [0.3, 0.4) is 0 Å². The quantitative estimate of drug-likeness (QED) is 0.508. The fourth-order valence-electron chi connectivity index (χ4n) is 3.30. The maximum absolute atomic E-state index is 11.4. The van der Waals surface area contributed by atoms with Crippen molar-refractivity contribution in [3.63, 3.8) is 0 Å². The molecule has 0 atom stereocenters. The molecular formula is C22H13ClO4. The monoisotopic (exact) mass is 376 g/mol. The first kappa shape index (κ1) is 17.1. The lowest BCUT2D eigenvalue weighted by molar-refractivity contribution is 0.0686. The van der Waals surface area contributed by atoms with E-state index in [2.05, 4.69) is 0 Å². The van der Waals surface area contributed by atoms with E-state index in [1.54, 1.807) is 48.5 Å². The van der Waals surface area contributed by atoms with Crippen LogP contribution < -0.4 is 0 Å². The van der Waals surface area contributed by atoms with E-state index in [0.29, 0.717) is 5.02 Å². The van der Waals surface area contributed by atoms with Crippen LogP contribution in [0.15, 0.2) is 60.7 Å². The highest BCUT2D eigenvalue weighted by atomic mass is 35.5. The highest BCUT2D eigenvalue weighted by Crippen LogP contribution is 2.45. The predicted octanol–water partition coefficient (Wildman–Crippen LogP) is 5.31. The Balaban J connectivity index is 1.97. The van der Waals surface area contributed by atoms with E-state index in [1.165, 1.54) is 0 Å². The lowest BCUT2D eigenvalue weighted by atomic mass is 9.98. The smallest absolute Gasteiger partial charge is 0.335 e. The van der Waals surface area contributed by atoms with Crippen LogP contribution in [-0.2, 0) is 0 Å². The van der Waals surface area contributed by atoms with E-state index in [0.717, 1.165) is 33.4 Å². The van der Waals surface area contributed by atoms with Crippen molar-refractivity contribution in [3.8, 4) is 11.1 Å². The van der Waals surface area contributed by atoms with Crippen molar-refractivity contribution >= 4 is 35.2 Å². The van der Waals surface area contributed by atoms with Gasteiger partial charge in [-0.25, -0.2) is 9.59 Å². The molecule has 0 amide bonds. The summed E-state index contributed by atoms with van der Waals surface area (Å²) in [5.41, 5.74) is 5.33. The Kier molecular flexibility index (Phi) is 4.05. The van der Waals surface area contributed by atoms with Crippen LogP contribution in [0.5, 0.6) is 0 Å². The SMILES string of the molecule is O=C(O)c1ccc2c(c1)C(=Cc1ccc(Cl)cc1)c1cc(C(=O)O)ccc1-2. The van der Waals surface area contributed by atoms with Gasteiger partial charge in [0, 0.05) is 5.02 Å². The molecule has 0 saturated heterocycles. The van der Waals surface area contributed by atoms with Gasteiger partial charge in [-0.2, -0.15) is 0 Å². The molecule has 132 valence electrons. The van der Waals surface area contributed by atoms with Crippen molar-refractivity contribution in [1.29, 1.82) is 0 Å². The third-order valence-electron chi connectivity index (χ3n) is 4.58. The Labute approximate surface area is 160 Å². The highest BCUT2D eigenvalue weighted by molar-refractivity contribution is 6.30. The second-order valence-corrected chi connectivity index (χ2v) is 6.68. The number of benzene rings is 3. The average molecular weight is 377 g/mol. The maximum Gasteiger partial charge on any atom is 0.335 e. The zero-order valence-corrected chi connectivity index (χ0v) is 14.7. The summed E-state index contributed by atoms with van der Waals surface area (Å²) in [5.74, 6) is -2.02. The van der Waals surface area contributed by atoms with Gasteiger partial charge in [0.05, 0.1) is 11.1 Å². The van der Waals surface area contributed by atoms with Gasteiger partial charge in [0.1, 0.15) is 0 Å². The second-order valence-electron chi connectivity index (χ2n) is 6.24. The van der Waals surface area contributed by atoms with Gasteiger partial charge in [0.15, 0.2) is 0 Å². The van der Waals surface area contributed by atoms with E-state index in [-0.39, 0.29) is 11.1 Å². The van der Waals surface area contributed by atoms with Crippen LogP contribution in [-0.4, -0.2) is 22.2 Å². The van der Waals surface area contributed by atoms with Crippen molar-refractivity contribution in [1.82, 2.24) is 0 Å². The summed E-state index contributed by atoms with van der Waals surface area (Å²) < 4.78 is 0. The van der Waals surface area contributed by atoms with E-state index >= 15 is 0 Å². The normalized spacial score (nSPS) is 11.7. The minimum absolute atomic E-state index is 0.182. The van der Waals surface area contributed by atoms with E-state index < -0.39 is 11.9 Å². The number of carboxylic acid groups (broad SMARTS) is 2. The second kappa shape index (κ2) is 6.41. The van der Waals surface area contributed by atoms with Gasteiger partial charge >= 0.3 is 11.9 Å². The van der Waals surface area contributed by atoms with E-state index in [4.69, 9.17) is 11.6 Å². The summed E-state index contributed by atoms with van der Waals surface area (Å²) in [6.07, 6.45) is 1.91. The molecule has 0 aliphatic heterocycles. The number of rotatable bonds is 3. The third-order valence-corrected chi connectivity index (χ3v) is 4.84. The van der Waals surface area contributed by atoms with Crippen LogP contribution in [0.4, 0.5) is 0 Å². The molecular weight excluding hydrogens is 364 g/mol. The van der Waals surface area contributed by atoms with Crippen LogP contribution in [0, 0.1) is 0 Å². The van der Waals surface area contributed by atoms with Crippen molar-refractivity contribution < 1.29 is 19.8 Å². The minimum atomic E-state index is -1.01. The molecule has 5 heteroatoms. The van der Waals surface area contributed by atoms with Crippen molar-refractivity contribution in [2.45, 2.75) is 0 Å². The molecule has 3 aromatic rings. The first-order valence-electron chi connectivity index (χ1n) is 8.17. The zero-order chi connectivity index (χ0) is 19.1. The Morgan fingerprint density at radius 2 is 1.19 bits per heavy atom. The Hall–Kier alpha value is -3.37. The summed E-state index contributed by atoms with van der Waals surface area (Å²) in [6.45, 7) is 0. The molecule has 1 aliphatic rings. The molecule has 3 aromatic carbocycles. The maximum atomic E-state index is 11.4. The van der Waals surface area contributed by atoms with Gasteiger partial charge in [0.2, 0.25) is 0 Å². The minimum Gasteiger partial charge on any atom is -0.478 e. The van der Waals surface area contributed by atoms with Crippen molar-refractivity contribution in [2.75, 3.05) is 0 Å². The summed E-state index contributed by atoms with van der Waals surface area (Å²) in [7, 11) is 0. The van der Waals surface area contributed by atoms with Gasteiger partial charge < -0.3 is 10.2 Å². The zero-order valence-electron chi connectivity index (χ0n) is 13.9. The number of hydrogen-bond donors (Lipinski definition) is 2. The summed E-state index contributed by atoms with van der Waals surface area (Å²) in [5, 5.41) is 19.3. The Bertz CT molecular complexity index is 1060. The number of aromatic carboxylic acids is 2.